The van der Waals surface area contributed by atoms with Gasteiger partial charge in [0.25, 0.3) is 0 Å². The van der Waals surface area contributed by atoms with Crippen LogP contribution in [-0.4, -0.2) is 31.4 Å². The SMILES string of the molecule is Cc1ccc(S(=O)(=O)N2CC=C3Oc4ccccc4[C@H]4C=CO[C@@]34C2)cc1. The molecule has 0 saturated heterocycles. The molecule has 0 amide bonds. The minimum Gasteiger partial charge on any atom is -0.485 e. The first-order chi connectivity index (χ1) is 13.0. The van der Waals surface area contributed by atoms with Crippen LogP contribution in [0.5, 0.6) is 5.75 Å². The number of nitrogens with zero attached hydrogens (tertiary/aromatic N) is 1. The molecule has 0 radical (unpaired) electrons. The van der Waals surface area contributed by atoms with Gasteiger partial charge in [0.05, 0.1) is 23.6 Å². The summed E-state index contributed by atoms with van der Waals surface area (Å²) in [7, 11) is -3.63. The Bertz CT molecular complexity index is 1070. The minimum atomic E-state index is -3.63. The van der Waals surface area contributed by atoms with Crippen LogP contribution in [0.2, 0.25) is 0 Å². The highest BCUT2D eigenvalue weighted by atomic mass is 32.2. The number of rotatable bonds is 2. The minimum absolute atomic E-state index is 0.0790. The molecule has 5 nitrogen and oxygen atoms in total. The fraction of sp³-hybridized carbons (Fsp3) is 0.238. The van der Waals surface area contributed by atoms with Crippen molar-refractivity contribution in [2.24, 2.45) is 0 Å². The number of benzene rings is 2. The Hall–Kier alpha value is -2.57. The zero-order chi connectivity index (χ0) is 18.6. The van der Waals surface area contributed by atoms with Crippen LogP contribution >= 0.6 is 0 Å². The van der Waals surface area contributed by atoms with Crippen molar-refractivity contribution in [1.29, 1.82) is 0 Å². The second kappa shape index (κ2) is 5.71. The largest absolute Gasteiger partial charge is 0.485 e. The molecule has 0 aliphatic carbocycles. The molecule has 0 N–H and O–H groups in total. The number of hydrogen-bond acceptors (Lipinski definition) is 4. The van der Waals surface area contributed by atoms with Crippen molar-refractivity contribution in [2.75, 3.05) is 13.1 Å². The molecule has 0 unspecified atom stereocenters. The lowest BCUT2D eigenvalue weighted by Crippen LogP contribution is -2.55. The third-order valence-electron chi connectivity index (χ3n) is 5.49. The summed E-state index contributed by atoms with van der Waals surface area (Å²) in [5.74, 6) is 1.41. The second-order valence-corrected chi connectivity index (χ2v) is 9.07. The number of sulfonamides is 1. The van der Waals surface area contributed by atoms with Gasteiger partial charge >= 0.3 is 0 Å². The van der Waals surface area contributed by atoms with Gasteiger partial charge in [0.15, 0.2) is 5.60 Å². The molecule has 3 aliphatic rings. The van der Waals surface area contributed by atoms with Gasteiger partial charge < -0.3 is 9.47 Å². The molecular formula is C21H19NO4S. The fourth-order valence-electron chi connectivity index (χ4n) is 4.05. The Morgan fingerprint density at radius 2 is 1.89 bits per heavy atom. The highest BCUT2D eigenvalue weighted by molar-refractivity contribution is 7.89. The normalized spacial score (nSPS) is 26.3. The lowest BCUT2D eigenvalue weighted by atomic mass is 9.78. The molecule has 3 heterocycles. The van der Waals surface area contributed by atoms with Crippen molar-refractivity contribution >= 4 is 10.0 Å². The van der Waals surface area contributed by atoms with E-state index in [1.54, 1.807) is 18.4 Å². The second-order valence-electron chi connectivity index (χ2n) is 7.13. The summed E-state index contributed by atoms with van der Waals surface area (Å²) < 4.78 is 39.9. The van der Waals surface area contributed by atoms with Crippen molar-refractivity contribution in [3.8, 4) is 5.75 Å². The molecule has 138 valence electrons. The van der Waals surface area contributed by atoms with Crippen LogP contribution in [0.15, 0.2) is 77.6 Å². The smallest absolute Gasteiger partial charge is 0.243 e. The van der Waals surface area contributed by atoms with Gasteiger partial charge in [0.2, 0.25) is 10.0 Å². The van der Waals surface area contributed by atoms with Crippen molar-refractivity contribution in [3.05, 3.63) is 83.8 Å². The molecular weight excluding hydrogens is 362 g/mol. The zero-order valence-corrected chi connectivity index (χ0v) is 15.6. The van der Waals surface area contributed by atoms with Crippen molar-refractivity contribution in [2.45, 2.75) is 23.3 Å². The van der Waals surface area contributed by atoms with Crippen molar-refractivity contribution in [3.63, 3.8) is 0 Å². The zero-order valence-electron chi connectivity index (χ0n) is 14.8. The molecule has 2 aromatic rings. The summed E-state index contributed by atoms with van der Waals surface area (Å²) in [4.78, 5) is 0.293. The lowest BCUT2D eigenvalue weighted by Gasteiger charge is -2.45. The topological polar surface area (TPSA) is 55.8 Å². The van der Waals surface area contributed by atoms with Gasteiger partial charge in [-0.3, -0.25) is 0 Å². The average molecular weight is 381 g/mol. The standard InChI is InChI=1S/C21H19NO4S/c1-15-6-8-16(9-7-15)27(23,24)22-12-10-20-21(14-22)18(11-13-25-21)17-4-2-3-5-19(17)26-20/h2-11,13,18H,12,14H2,1H3/t18-,21-/m1/s1. The first-order valence-electron chi connectivity index (χ1n) is 8.89. The van der Waals surface area contributed by atoms with Crippen LogP contribution in [0.1, 0.15) is 17.0 Å². The summed E-state index contributed by atoms with van der Waals surface area (Å²) in [6.45, 7) is 2.40. The number of fused-ring (bicyclic) bond motifs is 2. The van der Waals surface area contributed by atoms with Gasteiger partial charge in [-0.1, -0.05) is 35.9 Å². The summed E-state index contributed by atoms with van der Waals surface area (Å²) in [5, 5.41) is 0. The molecule has 0 aromatic heterocycles. The maximum Gasteiger partial charge on any atom is 0.243 e. The number of para-hydroxylation sites is 1. The monoisotopic (exact) mass is 381 g/mol. The third kappa shape index (κ3) is 2.37. The van der Waals surface area contributed by atoms with Crippen LogP contribution in [0.3, 0.4) is 0 Å². The van der Waals surface area contributed by atoms with E-state index in [0.29, 0.717) is 10.7 Å². The highest BCUT2D eigenvalue weighted by Crippen LogP contribution is 2.52. The van der Waals surface area contributed by atoms with E-state index in [1.807, 2.05) is 55.5 Å². The van der Waals surface area contributed by atoms with E-state index in [1.165, 1.54) is 4.31 Å². The maximum atomic E-state index is 13.2. The molecule has 3 aliphatic heterocycles. The van der Waals surface area contributed by atoms with Gasteiger partial charge in [-0.2, -0.15) is 4.31 Å². The maximum absolute atomic E-state index is 13.2. The lowest BCUT2D eigenvalue weighted by molar-refractivity contribution is 0.000400. The van der Waals surface area contributed by atoms with Crippen LogP contribution < -0.4 is 4.74 Å². The Morgan fingerprint density at radius 3 is 2.70 bits per heavy atom. The molecule has 0 saturated carbocycles. The van der Waals surface area contributed by atoms with Crippen LogP contribution in [0.25, 0.3) is 0 Å². The molecule has 2 aromatic carbocycles. The first kappa shape index (κ1) is 16.6. The quantitative estimate of drug-likeness (QED) is 0.801. The molecule has 1 spiro atoms. The summed E-state index contributed by atoms with van der Waals surface area (Å²) in [6.07, 6.45) is 5.47. The Balaban J connectivity index is 1.56. The van der Waals surface area contributed by atoms with Gasteiger partial charge in [0, 0.05) is 12.1 Å². The van der Waals surface area contributed by atoms with Gasteiger partial charge in [-0.25, -0.2) is 8.42 Å². The van der Waals surface area contributed by atoms with E-state index in [2.05, 4.69) is 0 Å². The number of ether oxygens (including phenoxy) is 2. The van der Waals surface area contributed by atoms with Crippen LogP contribution in [0.4, 0.5) is 0 Å². The Kier molecular flexibility index (Phi) is 3.51. The first-order valence-corrected chi connectivity index (χ1v) is 10.3. The molecule has 2 atom stereocenters. The van der Waals surface area contributed by atoms with Gasteiger partial charge in [-0.15, -0.1) is 0 Å². The molecule has 27 heavy (non-hydrogen) atoms. The van der Waals surface area contributed by atoms with Crippen molar-refractivity contribution < 1.29 is 17.9 Å². The van der Waals surface area contributed by atoms with Crippen molar-refractivity contribution in [1.82, 2.24) is 4.31 Å². The average Bonchev–Trinajstić information content (AvgIpc) is 3.10. The van der Waals surface area contributed by atoms with Gasteiger partial charge in [0.1, 0.15) is 11.5 Å². The van der Waals surface area contributed by atoms with E-state index >= 15 is 0 Å². The molecule has 6 heteroatoms. The van der Waals surface area contributed by atoms with E-state index in [4.69, 9.17) is 9.47 Å². The Labute approximate surface area is 158 Å². The fourth-order valence-corrected chi connectivity index (χ4v) is 5.46. The number of hydrogen-bond donors (Lipinski definition) is 0. The molecule has 0 fully saturated rings. The summed E-state index contributed by atoms with van der Waals surface area (Å²) in [6, 6.07) is 14.8. The summed E-state index contributed by atoms with van der Waals surface area (Å²) in [5.41, 5.74) is 1.19. The molecule has 0 bridgehead atoms. The highest BCUT2D eigenvalue weighted by Gasteiger charge is 2.55. The van der Waals surface area contributed by atoms with E-state index in [-0.39, 0.29) is 19.0 Å². The predicted octanol–water partition coefficient (Wildman–Crippen LogP) is 3.34. The van der Waals surface area contributed by atoms with Crippen LogP contribution in [0, 0.1) is 6.92 Å². The summed E-state index contributed by atoms with van der Waals surface area (Å²) >= 11 is 0. The molecule has 5 rings (SSSR count). The predicted molar refractivity (Wildman–Crippen MR) is 101 cm³/mol. The van der Waals surface area contributed by atoms with Crippen LogP contribution in [-0.2, 0) is 14.8 Å². The third-order valence-corrected chi connectivity index (χ3v) is 7.32. The van der Waals surface area contributed by atoms with E-state index in [0.717, 1.165) is 16.9 Å². The van der Waals surface area contributed by atoms with Gasteiger partial charge in [-0.05, 0) is 37.3 Å². The van der Waals surface area contributed by atoms with E-state index in [9.17, 15) is 8.42 Å². The van der Waals surface area contributed by atoms with E-state index < -0.39 is 15.6 Å². The number of aryl methyl sites for hydroxylation is 1. The Morgan fingerprint density at radius 1 is 1.11 bits per heavy atom.